The van der Waals surface area contributed by atoms with Crippen LogP contribution in [0.2, 0.25) is 0 Å². The van der Waals surface area contributed by atoms with Gasteiger partial charge in [-0.3, -0.25) is 10.5 Å². The molecule has 0 saturated heterocycles. The van der Waals surface area contributed by atoms with E-state index in [-0.39, 0.29) is 5.41 Å². The van der Waals surface area contributed by atoms with E-state index in [0.29, 0.717) is 5.56 Å². The first-order chi connectivity index (χ1) is 5.91. The molecule has 0 aliphatic rings. The second-order valence-electron chi connectivity index (χ2n) is 4.16. The van der Waals surface area contributed by atoms with Crippen molar-refractivity contribution in [3.8, 4) is 0 Å². The molecule has 1 N–H and O–H groups in total. The van der Waals surface area contributed by atoms with Gasteiger partial charge in [-0.2, -0.15) is 0 Å². The summed E-state index contributed by atoms with van der Waals surface area (Å²) in [4.78, 5) is 10.7. The van der Waals surface area contributed by atoms with Crippen LogP contribution in [0.15, 0.2) is 24.3 Å². The SMILES string of the molecule is CC(C)(C)c1ccc(C([NH])=O)cc1. The van der Waals surface area contributed by atoms with Crippen LogP contribution in [0.3, 0.4) is 0 Å². The van der Waals surface area contributed by atoms with Crippen molar-refractivity contribution >= 4 is 5.91 Å². The van der Waals surface area contributed by atoms with Crippen molar-refractivity contribution in [1.29, 1.82) is 0 Å². The first kappa shape index (κ1) is 9.78. The van der Waals surface area contributed by atoms with Gasteiger partial charge < -0.3 is 0 Å². The molecule has 1 aromatic rings. The molecule has 0 bridgehead atoms. The second kappa shape index (κ2) is 3.21. The number of rotatable bonds is 1. The van der Waals surface area contributed by atoms with E-state index in [0.717, 1.165) is 0 Å². The van der Waals surface area contributed by atoms with E-state index in [1.165, 1.54) is 5.56 Å². The number of hydrogen-bond acceptors (Lipinski definition) is 1. The molecular weight excluding hydrogens is 162 g/mol. The highest BCUT2D eigenvalue weighted by Gasteiger charge is 2.13. The highest BCUT2D eigenvalue weighted by molar-refractivity contribution is 5.92. The lowest BCUT2D eigenvalue weighted by atomic mass is 9.87. The summed E-state index contributed by atoms with van der Waals surface area (Å²) < 4.78 is 0. The Kier molecular flexibility index (Phi) is 2.41. The lowest BCUT2D eigenvalue weighted by Crippen LogP contribution is -2.11. The van der Waals surface area contributed by atoms with E-state index in [1.54, 1.807) is 12.1 Å². The van der Waals surface area contributed by atoms with Crippen LogP contribution in [0.1, 0.15) is 36.7 Å². The molecule has 0 aliphatic carbocycles. The predicted molar refractivity (Wildman–Crippen MR) is 52.6 cm³/mol. The lowest BCUT2D eigenvalue weighted by molar-refractivity contribution is 0.0992. The fraction of sp³-hybridized carbons (Fsp3) is 0.364. The van der Waals surface area contributed by atoms with Crippen LogP contribution in [0.25, 0.3) is 0 Å². The van der Waals surface area contributed by atoms with Gasteiger partial charge in [-0.25, -0.2) is 0 Å². The molecule has 1 radical (unpaired) electrons. The molecular formula is C11H14NO. The van der Waals surface area contributed by atoms with Gasteiger partial charge in [-0.15, -0.1) is 0 Å². The van der Waals surface area contributed by atoms with Crippen molar-refractivity contribution in [2.24, 2.45) is 0 Å². The van der Waals surface area contributed by atoms with Gasteiger partial charge in [-0.1, -0.05) is 32.9 Å². The summed E-state index contributed by atoms with van der Waals surface area (Å²) in [6, 6.07) is 7.22. The zero-order valence-corrected chi connectivity index (χ0v) is 8.22. The van der Waals surface area contributed by atoms with Crippen LogP contribution in [-0.2, 0) is 5.41 Å². The van der Waals surface area contributed by atoms with Crippen molar-refractivity contribution in [3.63, 3.8) is 0 Å². The Labute approximate surface area is 78.8 Å². The number of benzene rings is 1. The van der Waals surface area contributed by atoms with Gasteiger partial charge in [0.25, 0.3) is 5.91 Å². The Balaban J connectivity index is 3.01. The summed E-state index contributed by atoms with van der Waals surface area (Å²) in [7, 11) is 0. The number of carbonyl (C=O) groups is 1. The average Bonchev–Trinajstić information content (AvgIpc) is 2.03. The van der Waals surface area contributed by atoms with E-state index in [4.69, 9.17) is 5.73 Å². The highest BCUT2D eigenvalue weighted by atomic mass is 16.1. The molecule has 0 unspecified atom stereocenters. The largest absolute Gasteiger partial charge is 0.269 e. The average molecular weight is 176 g/mol. The molecule has 0 heterocycles. The first-order valence-electron chi connectivity index (χ1n) is 4.28. The Morgan fingerprint density at radius 1 is 1.15 bits per heavy atom. The summed E-state index contributed by atoms with van der Waals surface area (Å²) in [5, 5.41) is 0. The molecule has 1 aromatic carbocycles. The second-order valence-corrected chi connectivity index (χ2v) is 4.16. The molecule has 1 rings (SSSR count). The monoisotopic (exact) mass is 176 g/mol. The quantitative estimate of drug-likeness (QED) is 0.647. The van der Waals surface area contributed by atoms with Crippen molar-refractivity contribution < 1.29 is 4.79 Å². The molecule has 0 saturated carbocycles. The van der Waals surface area contributed by atoms with Crippen LogP contribution >= 0.6 is 0 Å². The Morgan fingerprint density at radius 3 is 1.92 bits per heavy atom. The minimum absolute atomic E-state index is 0.101. The summed E-state index contributed by atoms with van der Waals surface area (Å²) in [5.41, 5.74) is 8.64. The van der Waals surface area contributed by atoms with Crippen molar-refractivity contribution in [3.05, 3.63) is 35.4 Å². The minimum atomic E-state index is -0.625. The topological polar surface area (TPSA) is 40.9 Å². The molecule has 2 nitrogen and oxygen atoms in total. The standard InChI is InChI=1S/C11H14NO/c1-11(2,3)9-6-4-8(5-7-9)10(12)13/h4-7,12H,1-3H3. The Bertz CT molecular complexity index is 306. The summed E-state index contributed by atoms with van der Waals surface area (Å²) in [5.74, 6) is -0.625. The van der Waals surface area contributed by atoms with Crippen LogP contribution < -0.4 is 5.73 Å². The number of hydrogen-bond donors (Lipinski definition) is 0. The number of amides is 1. The van der Waals surface area contributed by atoms with Gasteiger partial charge >= 0.3 is 0 Å². The summed E-state index contributed by atoms with van der Waals surface area (Å²) in [6.45, 7) is 6.35. The van der Waals surface area contributed by atoms with Gasteiger partial charge in [0, 0.05) is 5.56 Å². The maximum atomic E-state index is 10.7. The normalized spacial score (nSPS) is 11.3. The first-order valence-corrected chi connectivity index (χ1v) is 4.28. The fourth-order valence-corrected chi connectivity index (χ4v) is 1.12. The maximum absolute atomic E-state index is 10.7. The van der Waals surface area contributed by atoms with E-state index >= 15 is 0 Å². The van der Waals surface area contributed by atoms with E-state index in [2.05, 4.69) is 20.8 Å². The molecule has 0 atom stereocenters. The van der Waals surface area contributed by atoms with E-state index in [9.17, 15) is 4.79 Å². The van der Waals surface area contributed by atoms with Crippen LogP contribution in [0.5, 0.6) is 0 Å². The lowest BCUT2D eigenvalue weighted by Gasteiger charge is -2.18. The maximum Gasteiger partial charge on any atom is 0.269 e. The Hall–Kier alpha value is -1.31. The van der Waals surface area contributed by atoms with Crippen molar-refractivity contribution in [2.75, 3.05) is 0 Å². The fourth-order valence-electron chi connectivity index (χ4n) is 1.12. The van der Waals surface area contributed by atoms with Crippen LogP contribution in [0.4, 0.5) is 0 Å². The van der Waals surface area contributed by atoms with E-state index < -0.39 is 5.91 Å². The zero-order chi connectivity index (χ0) is 10.1. The predicted octanol–water partition coefficient (Wildman–Crippen LogP) is 2.41. The minimum Gasteiger partial charge on any atom is -0.267 e. The van der Waals surface area contributed by atoms with Crippen molar-refractivity contribution in [2.45, 2.75) is 26.2 Å². The zero-order valence-electron chi connectivity index (χ0n) is 8.22. The van der Waals surface area contributed by atoms with E-state index in [1.807, 2.05) is 12.1 Å². The molecule has 69 valence electrons. The molecule has 0 fully saturated rings. The molecule has 0 spiro atoms. The van der Waals surface area contributed by atoms with Gasteiger partial charge in [-0.05, 0) is 23.1 Å². The third kappa shape index (κ3) is 2.31. The van der Waals surface area contributed by atoms with Crippen LogP contribution in [-0.4, -0.2) is 5.91 Å². The highest BCUT2D eigenvalue weighted by Crippen LogP contribution is 2.21. The number of nitrogens with one attached hydrogen (secondary N) is 1. The van der Waals surface area contributed by atoms with Gasteiger partial charge in [0.1, 0.15) is 0 Å². The van der Waals surface area contributed by atoms with Crippen LogP contribution in [0, 0.1) is 0 Å². The molecule has 2 heteroatoms. The smallest absolute Gasteiger partial charge is 0.267 e. The molecule has 0 aliphatic heterocycles. The third-order valence-electron chi connectivity index (χ3n) is 2.01. The van der Waals surface area contributed by atoms with Gasteiger partial charge in [0.05, 0.1) is 0 Å². The summed E-state index contributed by atoms with van der Waals surface area (Å²) >= 11 is 0. The molecule has 1 amide bonds. The molecule has 13 heavy (non-hydrogen) atoms. The summed E-state index contributed by atoms with van der Waals surface area (Å²) in [6.07, 6.45) is 0. The Morgan fingerprint density at radius 2 is 1.62 bits per heavy atom. The third-order valence-corrected chi connectivity index (χ3v) is 2.01. The number of carbonyl (C=O) groups excluding carboxylic acids is 1. The van der Waals surface area contributed by atoms with Gasteiger partial charge in [0.15, 0.2) is 0 Å². The molecule has 0 aromatic heterocycles. The van der Waals surface area contributed by atoms with Crippen molar-refractivity contribution in [1.82, 2.24) is 5.73 Å². The van der Waals surface area contributed by atoms with Gasteiger partial charge in [0.2, 0.25) is 0 Å².